The van der Waals surface area contributed by atoms with Gasteiger partial charge in [-0.1, -0.05) is 29.9 Å². The summed E-state index contributed by atoms with van der Waals surface area (Å²) in [4.78, 5) is 0.109. The largest absolute Gasteiger partial charge is 0.342 e. The minimum absolute atomic E-state index is 0.0124. The maximum Gasteiger partial charge on any atom is 0.297 e. The van der Waals surface area contributed by atoms with E-state index in [1.165, 1.54) is 23.9 Å². The molecular weight excluding hydrogens is 428 g/mol. The topological polar surface area (TPSA) is 71.1 Å². The average molecular weight is 449 g/mol. The van der Waals surface area contributed by atoms with Crippen molar-refractivity contribution >= 4 is 49.4 Å². The fraction of sp³-hybridized carbons (Fsp3) is 0.588. The average Bonchev–Trinajstić information content (AvgIpc) is 3.21. The molecule has 0 aromatic heterocycles. The molecule has 0 amide bonds. The van der Waals surface area contributed by atoms with Crippen LogP contribution < -0.4 is 0 Å². The molecule has 4 rings (SSSR count). The van der Waals surface area contributed by atoms with E-state index in [-0.39, 0.29) is 10.1 Å². The van der Waals surface area contributed by atoms with Crippen molar-refractivity contribution in [3.8, 4) is 0 Å². The molecule has 3 fully saturated rings. The molecule has 3 saturated heterocycles. The van der Waals surface area contributed by atoms with Crippen LogP contribution in [0.15, 0.2) is 29.2 Å². The summed E-state index contributed by atoms with van der Waals surface area (Å²) in [6.45, 7) is 5.43. The third-order valence-electron chi connectivity index (χ3n) is 4.55. The maximum atomic E-state index is 12.9. The van der Waals surface area contributed by atoms with Crippen molar-refractivity contribution in [3.63, 3.8) is 0 Å². The third-order valence-corrected chi connectivity index (χ3v) is 9.07. The summed E-state index contributed by atoms with van der Waals surface area (Å²) in [6, 6.07) is 6.56. The van der Waals surface area contributed by atoms with Gasteiger partial charge in [0.05, 0.1) is 4.90 Å². The van der Waals surface area contributed by atoms with Crippen LogP contribution in [0.3, 0.4) is 0 Å². The van der Waals surface area contributed by atoms with Crippen molar-refractivity contribution in [2.45, 2.75) is 61.3 Å². The van der Waals surface area contributed by atoms with Crippen LogP contribution in [0.1, 0.15) is 19.4 Å². The van der Waals surface area contributed by atoms with E-state index in [1.807, 2.05) is 6.92 Å². The highest BCUT2D eigenvalue weighted by Gasteiger charge is 2.59. The Hall–Kier alpha value is -0.200. The van der Waals surface area contributed by atoms with Crippen molar-refractivity contribution in [1.82, 2.24) is 0 Å². The molecule has 148 valence electrons. The number of thioether (sulfide) groups is 2. The van der Waals surface area contributed by atoms with E-state index in [2.05, 4.69) is 0 Å². The van der Waals surface area contributed by atoms with Crippen molar-refractivity contribution in [2.75, 3.05) is 5.75 Å². The molecule has 0 radical (unpaired) electrons. The van der Waals surface area contributed by atoms with E-state index >= 15 is 0 Å². The van der Waals surface area contributed by atoms with Crippen LogP contribution in [-0.4, -0.2) is 53.3 Å². The van der Waals surface area contributed by atoms with Crippen LogP contribution in [-0.2, 0) is 28.5 Å². The second-order valence-corrected chi connectivity index (χ2v) is 12.1. The van der Waals surface area contributed by atoms with Gasteiger partial charge in [0.15, 0.2) is 12.1 Å². The summed E-state index contributed by atoms with van der Waals surface area (Å²) in [5.41, 5.74) is 0.971. The molecule has 3 aliphatic rings. The monoisotopic (exact) mass is 448 g/mol. The lowest BCUT2D eigenvalue weighted by atomic mass is 10.1. The van der Waals surface area contributed by atoms with Gasteiger partial charge in [-0.2, -0.15) is 8.42 Å². The number of benzene rings is 1. The normalized spacial score (nSPS) is 35.5. The first-order valence-corrected chi connectivity index (χ1v) is 12.2. The van der Waals surface area contributed by atoms with Gasteiger partial charge in [-0.15, -0.1) is 23.5 Å². The number of thiocarbonyl (C=S) groups is 1. The van der Waals surface area contributed by atoms with E-state index in [4.69, 9.17) is 30.6 Å². The summed E-state index contributed by atoms with van der Waals surface area (Å²) in [7, 11) is -3.98. The lowest BCUT2D eigenvalue weighted by Crippen LogP contribution is -2.43. The number of hydrogen-bond donors (Lipinski definition) is 0. The smallest absolute Gasteiger partial charge is 0.297 e. The van der Waals surface area contributed by atoms with Gasteiger partial charge in [0.2, 0.25) is 0 Å². The van der Waals surface area contributed by atoms with E-state index < -0.39 is 40.5 Å². The summed E-state index contributed by atoms with van der Waals surface area (Å²) in [5, 5.41) is -0.0124. The zero-order valence-corrected chi connectivity index (χ0v) is 18.3. The standard InChI is InChI=1S/C17H20O6S4/c1-9-4-6-10(7-5-9)27(18,19)23-13-12(11-8-25-16(24)26-11)20-15-14(13)21-17(2,3)22-15/h4-7,11-15H,8H2,1-3H3. The van der Waals surface area contributed by atoms with Crippen LogP contribution in [0.5, 0.6) is 0 Å². The third kappa shape index (κ3) is 4.09. The first-order chi connectivity index (χ1) is 12.6. The van der Waals surface area contributed by atoms with E-state index in [9.17, 15) is 8.42 Å². The lowest BCUT2D eigenvalue weighted by Gasteiger charge is -2.27. The second kappa shape index (κ2) is 7.24. The van der Waals surface area contributed by atoms with Gasteiger partial charge in [-0.25, -0.2) is 0 Å². The molecule has 5 atom stereocenters. The molecule has 0 spiro atoms. The zero-order valence-electron chi connectivity index (χ0n) is 15.0. The Morgan fingerprint density at radius 3 is 2.52 bits per heavy atom. The van der Waals surface area contributed by atoms with Gasteiger partial charge in [-0.05, 0) is 32.9 Å². The van der Waals surface area contributed by atoms with Gasteiger partial charge in [0, 0.05) is 11.0 Å². The van der Waals surface area contributed by atoms with Gasteiger partial charge in [0.1, 0.15) is 21.8 Å². The molecule has 27 heavy (non-hydrogen) atoms. The molecule has 1 aromatic rings. The molecule has 6 nitrogen and oxygen atoms in total. The fourth-order valence-corrected chi connectivity index (χ4v) is 7.40. The maximum absolute atomic E-state index is 12.9. The first kappa shape index (κ1) is 20.1. The zero-order chi connectivity index (χ0) is 19.4. The van der Waals surface area contributed by atoms with Gasteiger partial charge in [-0.3, -0.25) is 4.18 Å². The number of fused-ring (bicyclic) bond motifs is 1. The Balaban J connectivity index is 1.61. The van der Waals surface area contributed by atoms with Crippen molar-refractivity contribution in [1.29, 1.82) is 0 Å². The number of rotatable bonds is 4. The molecule has 5 unspecified atom stereocenters. The first-order valence-electron chi connectivity index (χ1n) is 8.49. The van der Waals surface area contributed by atoms with E-state index in [0.717, 1.165) is 14.8 Å². The second-order valence-electron chi connectivity index (χ2n) is 7.11. The summed E-state index contributed by atoms with van der Waals surface area (Å²) in [6.07, 6.45) is -2.58. The Morgan fingerprint density at radius 2 is 1.89 bits per heavy atom. The number of ether oxygens (including phenoxy) is 3. The van der Waals surface area contributed by atoms with Gasteiger partial charge >= 0.3 is 0 Å². The number of hydrogen-bond acceptors (Lipinski definition) is 9. The Labute approximate surface area is 172 Å². The molecule has 0 N–H and O–H groups in total. The van der Waals surface area contributed by atoms with Crippen LogP contribution >= 0.6 is 35.7 Å². The summed E-state index contributed by atoms with van der Waals surface area (Å²) in [5.74, 6) is -0.121. The molecule has 0 saturated carbocycles. The predicted molar refractivity (Wildman–Crippen MR) is 108 cm³/mol. The number of aryl methyl sites for hydroxylation is 1. The fourth-order valence-electron chi connectivity index (χ4n) is 3.32. The summed E-state index contributed by atoms with van der Waals surface area (Å²) < 4.78 is 50.0. The minimum atomic E-state index is -3.98. The molecule has 10 heteroatoms. The molecule has 0 aliphatic carbocycles. The van der Waals surface area contributed by atoms with Gasteiger partial charge in [0.25, 0.3) is 10.1 Å². The molecule has 0 bridgehead atoms. The van der Waals surface area contributed by atoms with E-state index in [1.54, 1.807) is 37.7 Å². The Morgan fingerprint density at radius 1 is 1.19 bits per heavy atom. The highest BCUT2D eigenvalue weighted by molar-refractivity contribution is 8.49. The highest BCUT2D eigenvalue weighted by Crippen LogP contribution is 2.46. The summed E-state index contributed by atoms with van der Waals surface area (Å²) >= 11 is 8.33. The Kier molecular flexibility index (Phi) is 5.39. The van der Waals surface area contributed by atoms with Crippen molar-refractivity contribution in [2.24, 2.45) is 0 Å². The predicted octanol–water partition coefficient (Wildman–Crippen LogP) is 3.08. The molecule has 3 heterocycles. The van der Waals surface area contributed by atoms with Crippen LogP contribution in [0.2, 0.25) is 0 Å². The Bertz CT molecular complexity index is 837. The lowest BCUT2D eigenvalue weighted by molar-refractivity contribution is -0.212. The molecule has 3 aliphatic heterocycles. The van der Waals surface area contributed by atoms with Crippen molar-refractivity contribution in [3.05, 3.63) is 29.8 Å². The SMILES string of the molecule is Cc1ccc(S(=O)(=O)OC2C3OC(C)(C)OC3OC2C2CSC(=S)S2)cc1. The van der Waals surface area contributed by atoms with Crippen LogP contribution in [0, 0.1) is 6.92 Å². The minimum Gasteiger partial charge on any atom is -0.342 e. The highest BCUT2D eigenvalue weighted by atomic mass is 32.2. The van der Waals surface area contributed by atoms with Crippen molar-refractivity contribution < 1.29 is 26.8 Å². The quantitative estimate of drug-likeness (QED) is 0.510. The molecule has 1 aromatic carbocycles. The molecular formula is C17H20O6S4. The van der Waals surface area contributed by atoms with Crippen LogP contribution in [0.25, 0.3) is 0 Å². The van der Waals surface area contributed by atoms with E-state index in [0.29, 0.717) is 0 Å². The van der Waals surface area contributed by atoms with Gasteiger partial charge < -0.3 is 14.2 Å². The van der Waals surface area contributed by atoms with Crippen LogP contribution in [0.4, 0.5) is 0 Å².